The molecule has 6 nitrogen and oxygen atoms in total. The number of aliphatic hydroxyl groups excluding tert-OH is 1. The van der Waals surface area contributed by atoms with Crippen molar-refractivity contribution >= 4 is 34.3 Å². The Morgan fingerprint density at radius 1 is 1.26 bits per heavy atom. The number of carbonyl (C=O) groups is 2. The minimum atomic E-state index is -0.489. The quantitative estimate of drug-likeness (QED) is 0.314. The van der Waals surface area contributed by atoms with Gasteiger partial charge in [0.15, 0.2) is 5.78 Å². The van der Waals surface area contributed by atoms with E-state index in [1.54, 1.807) is 12.1 Å². The van der Waals surface area contributed by atoms with Gasteiger partial charge in [-0.3, -0.25) is 9.59 Å². The lowest BCUT2D eigenvalue weighted by Gasteiger charge is -2.18. The molecule has 1 amide bonds. The molecule has 0 unspecified atom stereocenters. The van der Waals surface area contributed by atoms with E-state index in [4.69, 9.17) is 14.6 Å². The van der Waals surface area contributed by atoms with Gasteiger partial charge in [0.25, 0.3) is 5.91 Å². The Balaban J connectivity index is 2.56. The van der Waals surface area contributed by atoms with Gasteiger partial charge in [-0.25, -0.2) is 0 Å². The van der Waals surface area contributed by atoms with Crippen LogP contribution in [-0.2, 0) is 14.3 Å². The number of benzene rings is 1. The molecule has 0 saturated heterocycles. The summed E-state index contributed by atoms with van der Waals surface area (Å²) in [6, 6.07) is 6.87. The van der Waals surface area contributed by atoms with Gasteiger partial charge in [-0.15, -0.1) is 0 Å². The van der Waals surface area contributed by atoms with Crippen molar-refractivity contribution in [2.24, 2.45) is 0 Å². The Morgan fingerprint density at radius 3 is 2.57 bits per heavy atom. The molecule has 0 aliphatic rings. The average molecular weight is 435 g/mol. The minimum absolute atomic E-state index is 0.139. The Morgan fingerprint density at radius 2 is 1.96 bits per heavy atom. The third kappa shape index (κ3) is 8.40. The molecule has 0 saturated carbocycles. The van der Waals surface area contributed by atoms with Gasteiger partial charge < -0.3 is 19.9 Å². The molecule has 1 aromatic carbocycles. The maximum atomic E-state index is 12.2. The minimum Gasteiger partial charge on any atom is -0.389 e. The Hall–Kier alpha value is -1.03. The topological polar surface area (TPSA) is 84.9 Å². The first-order valence-electron chi connectivity index (χ1n) is 7.41. The van der Waals surface area contributed by atoms with E-state index in [1.807, 2.05) is 19.1 Å². The summed E-state index contributed by atoms with van der Waals surface area (Å²) in [7, 11) is 0. The molecule has 0 fully saturated rings. The normalized spacial score (nSPS) is 12.0. The zero-order valence-corrected chi connectivity index (χ0v) is 15.2. The van der Waals surface area contributed by atoms with E-state index >= 15 is 0 Å². The van der Waals surface area contributed by atoms with E-state index in [0.717, 1.165) is 3.57 Å². The fraction of sp³-hybridized carbons (Fsp3) is 0.500. The number of amides is 1. The highest BCUT2D eigenvalue weighted by molar-refractivity contribution is 14.1. The second-order valence-corrected chi connectivity index (χ2v) is 6.14. The van der Waals surface area contributed by atoms with Gasteiger partial charge in [-0.2, -0.15) is 0 Å². The van der Waals surface area contributed by atoms with Gasteiger partial charge in [0.2, 0.25) is 0 Å². The van der Waals surface area contributed by atoms with Crippen molar-refractivity contribution in [1.82, 2.24) is 5.32 Å². The summed E-state index contributed by atoms with van der Waals surface area (Å²) in [5.41, 5.74) is 0.550. The largest absolute Gasteiger partial charge is 0.389 e. The van der Waals surface area contributed by atoms with Crippen molar-refractivity contribution < 1.29 is 24.2 Å². The predicted octanol–water partition coefficient (Wildman–Crippen LogP) is 1.74. The second-order valence-electron chi connectivity index (χ2n) is 4.89. The van der Waals surface area contributed by atoms with Crippen LogP contribution in [0.25, 0.3) is 0 Å². The summed E-state index contributed by atoms with van der Waals surface area (Å²) in [4.78, 5) is 23.5. The van der Waals surface area contributed by atoms with Gasteiger partial charge in [0.05, 0.1) is 12.6 Å². The van der Waals surface area contributed by atoms with Gasteiger partial charge in [0, 0.05) is 22.2 Å². The molecule has 1 rings (SSSR count). The molecule has 0 aliphatic heterocycles. The number of hydrogen-bond acceptors (Lipinski definition) is 5. The zero-order valence-electron chi connectivity index (χ0n) is 13.1. The molecule has 1 atom stereocenters. The first-order valence-corrected chi connectivity index (χ1v) is 8.49. The number of rotatable bonds is 11. The molecular formula is C16H22INO5. The molecular weight excluding hydrogens is 413 g/mol. The maximum absolute atomic E-state index is 12.2. The summed E-state index contributed by atoms with van der Waals surface area (Å²) < 4.78 is 11.5. The van der Waals surface area contributed by atoms with E-state index in [9.17, 15) is 9.59 Å². The molecule has 0 radical (unpaired) electrons. The number of hydrogen-bond donors (Lipinski definition) is 2. The third-order valence-electron chi connectivity index (χ3n) is 3.08. The van der Waals surface area contributed by atoms with E-state index in [2.05, 4.69) is 27.9 Å². The van der Waals surface area contributed by atoms with Gasteiger partial charge in [0.1, 0.15) is 13.4 Å². The lowest BCUT2D eigenvalue weighted by Crippen LogP contribution is -2.39. The molecule has 0 aromatic heterocycles. The highest BCUT2D eigenvalue weighted by Crippen LogP contribution is 2.08. The summed E-state index contributed by atoms with van der Waals surface area (Å²) in [5, 5.41) is 11.6. The molecule has 0 bridgehead atoms. The summed E-state index contributed by atoms with van der Waals surface area (Å²) in [6.07, 6.45) is 0.591. The van der Waals surface area contributed by atoms with Crippen molar-refractivity contribution in [2.75, 3.05) is 26.6 Å². The Kier molecular flexibility index (Phi) is 10.0. The van der Waals surface area contributed by atoms with Crippen LogP contribution in [0.2, 0.25) is 0 Å². The molecule has 23 heavy (non-hydrogen) atoms. The van der Waals surface area contributed by atoms with Gasteiger partial charge in [-0.05, 0) is 60.2 Å². The number of nitrogens with one attached hydrogen (secondary N) is 1. The third-order valence-corrected chi connectivity index (χ3v) is 3.80. The molecule has 0 heterocycles. The smallest absolute Gasteiger partial charge is 0.251 e. The lowest BCUT2D eigenvalue weighted by atomic mass is 10.1. The average Bonchev–Trinajstić information content (AvgIpc) is 2.56. The summed E-state index contributed by atoms with van der Waals surface area (Å²) in [6.45, 7) is 2.30. The Bertz CT molecular complexity index is 492. The molecule has 2 N–H and O–H groups in total. The van der Waals surface area contributed by atoms with Crippen LogP contribution in [0.1, 0.15) is 30.1 Å². The number of carbonyl (C=O) groups excluding carboxylic acids is 2. The SMILES string of the molecule is CCOCOC[C@H](CCC(=O)CO)NC(=O)c1ccc(I)cc1. The van der Waals surface area contributed by atoms with Crippen molar-refractivity contribution in [1.29, 1.82) is 0 Å². The van der Waals surface area contributed by atoms with Crippen LogP contribution in [0.15, 0.2) is 24.3 Å². The van der Waals surface area contributed by atoms with Crippen LogP contribution >= 0.6 is 22.6 Å². The predicted molar refractivity (Wildman–Crippen MR) is 94.2 cm³/mol. The van der Waals surface area contributed by atoms with Crippen LogP contribution in [-0.4, -0.2) is 49.5 Å². The van der Waals surface area contributed by atoms with Crippen LogP contribution in [0.3, 0.4) is 0 Å². The molecule has 128 valence electrons. The summed E-state index contributed by atoms with van der Waals surface area (Å²) >= 11 is 2.17. The number of Topliss-reactive ketones (excluding diaryl/α,β-unsaturated/α-hetero) is 1. The van der Waals surface area contributed by atoms with Crippen molar-refractivity contribution in [3.8, 4) is 0 Å². The fourth-order valence-electron chi connectivity index (χ4n) is 1.81. The van der Waals surface area contributed by atoms with E-state index < -0.39 is 6.61 Å². The maximum Gasteiger partial charge on any atom is 0.251 e. The lowest BCUT2D eigenvalue weighted by molar-refractivity contribution is -0.122. The number of halogens is 1. The van der Waals surface area contributed by atoms with E-state index in [-0.39, 0.29) is 37.6 Å². The fourth-order valence-corrected chi connectivity index (χ4v) is 2.17. The highest BCUT2D eigenvalue weighted by Gasteiger charge is 2.15. The number of ether oxygens (including phenoxy) is 2. The van der Waals surface area contributed by atoms with Crippen LogP contribution in [0, 0.1) is 3.57 Å². The second kappa shape index (κ2) is 11.5. The van der Waals surface area contributed by atoms with Crippen LogP contribution in [0.5, 0.6) is 0 Å². The van der Waals surface area contributed by atoms with E-state index in [1.165, 1.54) is 0 Å². The Labute approximate surface area is 149 Å². The standard InChI is InChI=1S/C16H22INO5/c1-2-22-11-23-10-14(7-8-15(20)9-19)18-16(21)12-3-5-13(17)6-4-12/h3-6,14,19H,2,7-11H2,1H3,(H,18,21)/t14-/m0/s1. The monoisotopic (exact) mass is 435 g/mol. The molecule has 7 heteroatoms. The molecule has 0 spiro atoms. The van der Waals surface area contributed by atoms with Crippen LogP contribution in [0.4, 0.5) is 0 Å². The van der Waals surface area contributed by atoms with Gasteiger partial charge >= 0.3 is 0 Å². The van der Waals surface area contributed by atoms with Crippen molar-refractivity contribution in [3.05, 3.63) is 33.4 Å². The number of ketones is 1. The molecule has 0 aliphatic carbocycles. The molecule has 1 aromatic rings. The van der Waals surface area contributed by atoms with Crippen LogP contribution < -0.4 is 5.32 Å². The van der Waals surface area contributed by atoms with E-state index in [0.29, 0.717) is 18.6 Å². The first-order chi connectivity index (χ1) is 11.1. The number of aliphatic hydroxyl groups is 1. The van der Waals surface area contributed by atoms with Crippen molar-refractivity contribution in [3.63, 3.8) is 0 Å². The van der Waals surface area contributed by atoms with Crippen molar-refractivity contribution in [2.45, 2.75) is 25.8 Å². The van der Waals surface area contributed by atoms with Gasteiger partial charge in [-0.1, -0.05) is 0 Å². The first kappa shape index (κ1) is 20.0. The zero-order chi connectivity index (χ0) is 17.1. The summed E-state index contributed by atoms with van der Waals surface area (Å²) in [5.74, 6) is -0.480. The highest BCUT2D eigenvalue weighted by atomic mass is 127.